The molecule has 5 heteroatoms. The molecule has 0 aliphatic rings. The molecule has 2 N–H and O–H groups in total. The van der Waals surface area contributed by atoms with Crippen molar-refractivity contribution in [1.82, 2.24) is 9.97 Å². The number of furan rings is 1. The first kappa shape index (κ1) is 12.8. The highest BCUT2D eigenvalue weighted by atomic mass is 16.5. The normalized spacial score (nSPS) is 12.3. The number of para-hydroxylation sites is 1. The highest BCUT2D eigenvalue weighted by molar-refractivity contribution is 6.33. The molecule has 0 bridgehead atoms. The number of H-pyrrole nitrogens is 1. The van der Waals surface area contributed by atoms with Gasteiger partial charge in [0.25, 0.3) is 5.95 Å². The summed E-state index contributed by atoms with van der Waals surface area (Å²) in [7, 11) is 0. The van der Waals surface area contributed by atoms with E-state index in [-0.39, 0.29) is 5.95 Å². The van der Waals surface area contributed by atoms with E-state index in [4.69, 9.17) is 4.42 Å². The molecule has 0 saturated carbocycles. The minimum absolute atomic E-state index is 0.354. The van der Waals surface area contributed by atoms with E-state index in [0.717, 1.165) is 38.1 Å². The summed E-state index contributed by atoms with van der Waals surface area (Å²) in [5.41, 5.74) is 2.06. The number of hydrogen-bond acceptors (Lipinski definition) is 4. The number of aromatic amines is 1. The zero-order chi connectivity index (χ0) is 16.7. The quantitative estimate of drug-likeness (QED) is 0.437. The predicted molar refractivity (Wildman–Crippen MR) is 97.5 cm³/mol. The summed E-state index contributed by atoms with van der Waals surface area (Å²) in [5.74, 6) is -0.354. The lowest BCUT2D eigenvalue weighted by molar-refractivity contribution is 0.326. The Balaban J connectivity index is 2.19. The van der Waals surface area contributed by atoms with Crippen LogP contribution in [0.15, 0.2) is 57.9 Å². The molecule has 6 aromatic rings. The van der Waals surface area contributed by atoms with Gasteiger partial charge < -0.3 is 14.5 Å². The largest absolute Gasteiger partial charge is 0.480 e. The van der Waals surface area contributed by atoms with E-state index >= 15 is 0 Å². The molecular formula is C20H10N2O3. The summed E-state index contributed by atoms with van der Waals surface area (Å²) in [4.78, 5) is 20.4. The Labute approximate surface area is 139 Å². The molecule has 0 spiro atoms. The highest BCUT2D eigenvalue weighted by Gasteiger charge is 2.22. The Morgan fingerprint density at radius 1 is 0.880 bits per heavy atom. The molecule has 3 aromatic carbocycles. The molecule has 0 aliphatic carbocycles. The maximum absolute atomic E-state index is 12.5. The van der Waals surface area contributed by atoms with Gasteiger partial charge in [0.15, 0.2) is 0 Å². The van der Waals surface area contributed by atoms with Gasteiger partial charge in [-0.25, -0.2) is 4.79 Å². The number of aromatic nitrogens is 2. The second kappa shape index (κ2) is 4.08. The van der Waals surface area contributed by atoms with Crippen LogP contribution in [0.5, 0.6) is 5.95 Å². The van der Waals surface area contributed by atoms with Gasteiger partial charge in [0.2, 0.25) is 0 Å². The van der Waals surface area contributed by atoms with Gasteiger partial charge in [0.05, 0.1) is 21.8 Å². The van der Waals surface area contributed by atoms with E-state index < -0.39 is 5.63 Å². The molecule has 25 heavy (non-hydrogen) atoms. The predicted octanol–water partition coefficient (Wildman–Crippen LogP) is 4.27. The SMILES string of the molecule is O=c1oc(O)c2c1c1cnc3cccc(c4[nH]c5ccccc5c42)c31. The first-order chi connectivity index (χ1) is 12.2. The second-order valence-electron chi connectivity index (χ2n) is 6.24. The number of benzene rings is 2. The Kier molecular flexibility index (Phi) is 2.08. The van der Waals surface area contributed by atoms with Crippen molar-refractivity contribution in [3.8, 4) is 5.95 Å². The van der Waals surface area contributed by atoms with Crippen LogP contribution in [0.1, 0.15) is 0 Å². The Morgan fingerprint density at radius 2 is 1.72 bits per heavy atom. The molecule has 3 heterocycles. The summed E-state index contributed by atoms with van der Waals surface area (Å²) in [6, 6.07) is 13.7. The highest BCUT2D eigenvalue weighted by Crippen LogP contribution is 2.42. The Bertz CT molecular complexity index is 1530. The van der Waals surface area contributed by atoms with E-state index in [0.29, 0.717) is 16.2 Å². The topological polar surface area (TPSA) is 79.1 Å². The second-order valence-corrected chi connectivity index (χ2v) is 6.24. The zero-order valence-electron chi connectivity index (χ0n) is 12.8. The molecule has 0 fully saturated rings. The van der Waals surface area contributed by atoms with Crippen molar-refractivity contribution in [2.24, 2.45) is 0 Å². The van der Waals surface area contributed by atoms with E-state index in [1.165, 1.54) is 0 Å². The average Bonchev–Trinajstić information content (AvgIpc) is 3.25. The molecule has 6 rings (SSSR count). The van der Waals surface area contributed by atoms with Crippen molar-refractivity contribution in [1.29, 1.82) is 0 Å². The molecule has 3 aromatic heterocycles. The summed E-state index contributed by atoms with van der Waals surface area (Å²) in [5, 5.41) is 15.5. The van der Waals surface area contributed by atoms with Crippen molar-refractivity contribution in [2.75, 3.05) is 0 Å². The lowest BCUT2D eigenvalue weighted by atomic mass is 10.1. The number of fused-ring (bicyclic) bond motifs is 7. The molecule has 0 atom stereocenters. The van der Waals surface area contributed by atoms with Gasteiger partial charge in [-0.05, 0) is 12.1 Å². The van der Waals surface area contributed by atoms with Gasteiger partial charge in [0.1, 0.15) is 0 Å². The van der Waals surface area contributed by atoms with Crippen molar-refractivity contribution in [3.63, 3.8) is 0 Å². The maximum atomic E-state index is 12.5. The monoisotopic (exact) mass is 326 g/mol. The van der Waals surface area contributed by atoms with Crippen molar-refractivity contribution < 1.29 is 9.52 Å². The van der Waals surface area contributed by atoms with Crippen molar-refractivity contribution >= 4 is 54.3 Å². The van der Waals surface area contributed by atoms with Gasteiger partial charge in [0, 0.05) is 38.6 Å². The number of aromatic hydroxyl groups is 1. The molecule has 0 radical (unpaired) electrons. The van der Waals surface area contributed by atoms with Crippen LogP contribution in [0, 0.1) is 0 Å². The van der Waals surface area contributed by atoms with Crippen LogP contribution in [-0.4, -0.2) is 15.1 Å². The Morgan fingerprint density at radius 3 is 2.64 bits per heavy atom. The van der Waals surface area contributed by atoms with Gasteiger partial charge in [-0.3, -0.25) is 4.98 Å². The molecular weight excluding hydrogens is 316 g/mol. The molecule has 0 unspecified atom stereocenters. The standard InChI is InChI=1S/C20H10N2O3/c23-19-16-11-8-21-13-7-3-5-10(14(11)13)18-15(17(16)20(24)25-19)9-4-1-2-6-12(9)22-18/h1-8,22,24H. The number of hydrogen-bond donors (Lipinski definition) is 2. The fourth-order valence-electron chi connectivity index (χ4n) is 4.01. The van der Waals surface area contributed by atoms with Crippen LogP contribution in [0.2, 0.25) is 0 Å². The fraction of sp³-hybridized carbons (Fsp3) is 0. The fourth-order valence-corrected chi connectivity index (χ4v) is 4.01. The van der Waals surface area contributed by atoms with Gasteiger partial charge in [-0.2, -0.15) is 0 Å². The van der Waals surface area contributed by atoms with Gasteiger partial charge in [-0.1, -0.05) is 30.3 Å². The van der Waals surface area contributed by atoms with Gasteiger partial charge >= 0.3 is 5.63 Å². The number of nitrogens with zero attached hydrogens (tertiary/aromatic N) is 1. The minimum atomic E-state index is -0.547. The summed E-state index contributed by atoms with van der Waals surface area (Å²) in [6.45, 7) is 0. The average molecular weight is 326 g/mol. The number of nitrogens with one attached hydrogen (secondary N) is 1. The number of rotatable bonds is 0. The van der Waals surface area contributed by atoms with E-state index in [1.807, 2.05) is 42.5 Å². The van der Waals surface area contributed by atoms with Crippen LogP contribution in [0.25, 0.3) is 54.3 Å². The maximum Gasteiger partial charge on any atom is 0.347 e. The lowest BCUT2D eigenvalue weighted by Gasteiger charge is -1.94. The summed E-state index contributed by atoms with van der Waals surface area (Å²) < 4.78 is 5.07. The molecule has 0 amide bonds. The van der Waals surface area contributed by atoms with E-state index in [2.05, 4.69) is 9.97 Å². The Hall–Kier alpha value is -3.60. The van der Waals surface area contributed by atoms with Crippen LogP contribution >= 0.6 is 0 Å². The summed E-state index contributed by atoms with van der Waals surface area (Å²) >= 11 is 0. The third-order valence-electron chi connectivity index (χ3n) is 5.00. The molecule has 0 aliphatic heterocycles. The van der Waals surface area contributed by atoms with Crippen LogP contribution in [-0.2, 0) is 0 Å². The molecule has 118 valence electrons. The van der Waals surface area contributed by atoms with Crippen LogP contribution < -0.4 is 5.63 Å². The smallest absolute Gasteiger partial charge is 0.347 e. The van der Waals surface area contributed by atoms with Crippen LogP contribution in [0.3, 0.4) is 0 Å². The molecule has 0 saturated heterocycles. The third-order valence-corrected chi connectivity index (χ3v) is 5.00. The zero-order valence-corrected chi connectivity index (χ0v) is 12.8. The first-order valence-electron chi connectivity index (χ1n) is 7.93. The minimum Gasteiger partial charge on any atom is -0.480 e. The van der Waals surface area contributed by atoms with E-state index in [1.54, 1.807) is 6.20 Å². The van der Waals surface area contributed by atoms with Crippen molar-refractivity contribution in [2.45, 2.75) is 0 Å². The molecule has 5 nitrogen and oxygen atoms in total. The lowest BCUT2D eigenvalue weighted by Crippen LogP contribution is -1.89. The van der Waals surface area contributed by atoms with Gasteiger partial charge in [-0.15, -0.1) is 0 Å². The first-order valence-corrected chi connectivity index (χ1v) is 7.93. The third kappa shape index (κ3) is 1.39. The van der Waals surface area contributed by atoms with E-state index in [9.17, 15) is 9.90 Å². The summed E-state index contributed by atoms with van der Waals surface area (Å²) in [6.07, 6.45) is 1.68. The van der Waals surface area contributed by atoms with Crippen molar-refractivity contribution in [3.05, 3.63) is 59.1 Å². The van der Waals surface area contributed by atoms with Crippen LogP contribution in [0.4, 0.5) is 0 Å².